The molecule has 6 nitrogen and oxygen atoms in total. The molecule has 1 N–H and O–H groups in total. The average Bonchev–Trinajstić information content (AvgIpc) is 2.65. The third-order valence-corrected chi connectivity index (χ3v) is 4.49. The molecule has 0 amide bonds. The molecule has 0 aliphatic heterocycles. The van der Waals surface area contributed by atoms with Gasteiger partial charge in [-0.25, -0.2) is 0 Å². The highest BCUT2D eigenvalue weighted by Crippen LogP contribution is 2.34. The molecule has 0 aliphatic carbocycles. The normalized spacial score (nSPS) is 11.2. The number of rotatable bonds is 10. The lowest BCUT2D eigenvalue weighted by Crippen LogP contribution is -1.88. The van der Waals surface area contributed by atoms with E-state index < -0.39 is 4.92 Å². The maximum Gasteiger partial charge on any atom is 0.298 e. The van der Waals surface area contributed by atoms with E-state index >= 15 is 0 Å². The number of benzene rings is 2. The number of halogens is 1. The smallest absolute Gasteiger partial charge is 0.298 e. The predicted octanol–water partition coefficient (Wildman–Crippen LogP) is 7.27. The number of nitro benzene ring substituents is 1. The molecule has 0 radical (unpaired) electrons. The van der Waals surface area contributed by atoms with Crippen molar-refractivity contribution in [2.24, 2.45) is 10.2 Å². The van der Waals surface area contributed by atoms with Gasteiger partial charge in [0.2, 0.25) is 0 Å². The van der Waals surface area contributed by atoms with E-state index in [1.165, 1.54) is 50.3 Å². The summed E-state index contributed by atoms with van der Waals surface area (Å²) < 4.78 is 0. The SMILES string of the molecule is CCCCCCCCc1ccc(O)c(N=Nc2ccc(Cl)cc2[N+](=O)[O-])c1. The van der Waals surface area contributed by atoms with E-state index in [0.29, 0.717) is 5.69 Å². The first-order chi connectivity index (χ1) is 13.0. The Morgan fingerprint density at radius 2 is 1.70 bits per heavy atom. The quantitative estimate of drug-likeness (QED) is 0.200. The highest BCUT2D eigenvalue weighted by Gasteiger charge is 2.14. The highest BCUT2D eigenvalue weighted by molar-refractivity contribution is 6.30. The topological polar surface area (TPSA) is 88.1 Å². The van der Waals surface area contributed by atoms with Gasteiger partial charge in [-0.3, -0.25) is 10.1 Å². The maximum atomic E-state index is 11.1. The molecule has 0 aromatic heterocycles. The Morgan fingerprint density at radius 3 is 2.44 bits per heavy atom. The third kappa shape index (κ3) is 6.64. The van der Waals surface area contributed by atoms with Crippen LogP contribution >= 0.6 is 11.6 Å². The Hall–Kier alpha value is -2.47. The van der Waals surface area contributed by atoms with Crippen molar-refractivity contribution < 1.29 is 10.0 Å². The monoisotopic (exact) mass is 389 g/mol. The molecule has 144 valence electrons. The molecule has 0 atom stereocenters. The van der Waals surface area contributed by atoms with Gasteiger partial charge in [-0.15, -0.1) is 10.2 Å². The second-order valence-corrected chi connectivity index (χ2v) is 6.87. The van der Waals surface area contributed by atoms with Gasteiger partial charge in [0.05, 0.1) is 4.92 Å². The molecule has 2 aromatic carbocycles. The lowest BCUT2D eigenvalue weighted by Gasteiger charge is -2.05. The van der Waals surface area contributed by atoms with E-state index in [4.69, 9.17) is 11.6 Å². The van der Waals surface area contributed by atoms with Crippen LogP contribution in [-0.2, 0) is 6.42 Å². The minimum absolute atomic E-state index is 0.0120. The lowest BCUT2D eigenvalue weighted by molar-refractivity contribution is -0.384. The molecular weight excluding hydrogens is 366 g/mol. The highest BCUT2D eigenvalue weighted by atomic mass is 35.5. The molecular formula is C20H24ClN3O3. The van der Waals surface area contributed by atoms with Crippen LogP contribution < -0.4 is 0 Å². The number of unbranched alkanes of at least 4 members (excludes halogenated alkanes) is 5. The largest absolute Gasteiger partial charge is 0.506 e. The molecule has 2 rings (SSSR count). The molecule has 7 heteroatoms. The second-order valence-electron chi connectivity index (χ2n) is 6.43. The molecule has 0 unspecified atom stereocenters. The second kappa shape index (κ2) is 10.6. The van der Waals surface area contributed by atoms with Crippen molar-refractivity contribution in [3.8, 4) is 5.75 Å². The van der Waals surface area contributed by atoms with Crippen LogP contribution in [0.2, 0.25) is 5.02 Å². The van der Waals surface area contributed by atoms with E-state index in [0.717, 1.165) is 18.4 Å². The number of nitro groups is 1. The Bertz CT molecular complexity index is 809. The molecule has 0 aliphatic rings. The van der Waals surface area contributed by atoms with Crippen molar-refractivity contribution in [1.82, 2.24) is 0 Å². The third-order valence-electron chi connectivity index (χ3n) is 4.26. The summed E-state index contributed by atoms with van der Waals surface area (Å²) in [6.07, 6.45) is 8.17. The summed E-state index contributed by atoms with van der Waals surface area (Å²) in [5.41, 5.74) is 1.21. The fourth-order valence-corrected chi connectivity index (χ4v) is 2.92. The summed E-state index contributed by atoms with van der Waals surface area (Å²) in [6, 6.07) is 9.39. The molecule has 0 bridgehead atoms. The summed E-state index contributed by atoms with van der Waals surface area (Å²) in [5.74, 6) is -0.0120. The van der Waals surface area contributed by atoms with Gasteiger partial charge in [-0.1, -0.05) is 56.7 Å². The molecule has 0 spiro atoms. The van der Waals surface area contributed by atoms with Gasteiger partial charge in [-0.2, -0.15) is 0 Å². The number of nitrogens with zero attached hydrogens (tertiary/aromatic N) is 3. The van der Waals surface area contributed by atoms with Gasteiger partial charge in [0.1, 0.15) is 11.4 Å². The molecule has 2 aromatic rings. The number of phenols is 1. The summed E-state index contributed by atoms with van der Waals surface area (Å²) in [6.45, 7) is 2.20. The van der Waals surface area contributed by atoms with Gasteiger partial charge < -0.3 is 5.11 Å². The lowest BCUT2D eigenvalue weighted by atomic mass is 10.0. The number of aryl methyl sites for hydroxylation is 1. The van der Waals surface area contributed by atoms with Crippen LogP contribution in [0.25, 0.3) is 0 Å². The van der Waals surface area contributed by atoms with Gasteiger partial charge in [0.15, 0.2) is 5.69 Å². The van der Waals surface area contributed by atoms with E-state index in [-0.39, 0.29) is 22.1 Å². The van der Waals surface area contributed by atoms with Crippen molar-refractivity contribution >= 4 is 28.7 Å². The number of aromatic hydroxyl groups is 1. The van der Waals surface area contributed by atoms with Gasteiger partial charge >= 0.3 is 0 Å². The minimum Gasteiger partial charge on any atom is -0.506 e. The van der Waals surface area contributed by atoms with Crippen LogP contribution in [0, 0.1) is 10.1 Å². The van der Waals surface area contributed by atoms with Crippen LogP contribution in [0.15, 0.2) is 46.6 Å². The number of phenolic OH excluding ortho intramolecular Hbond substituents is 1. The fraction of sp³-hybridized carbons (Fsp3) is 0.400. The average molecular weight is 390 g/mol. The predicted molar refractivity (Wildman–Crippen MR) is 107 cm³/mol. The molecule has 0 saturated heterocycles. The Kier molecular flexibility index (Phi) is 8.20. The fourth-order valence-electron chi connectivity index (χ4n) is 2.75. The van der Waals surface area contributed by atoms with Crippen LogP contribution in [0.5, 0.6) is 5.75 Å². The zero-order valence-corrected chi connectivity index (χ0v) is 16.2. The van der Waals surface area contributed by atoms with Crippen molar-refractivity contribution in [3.63, 3.8) is 0 Å². The molecule has 0 fully saturated rings. The summed E-state index contributed by atoms with van der Waals surface area (Å²) in [4.78, 5) is 10.6. The number of hydrogen-bond donors (Lipinski definition) is 1. The Labute approximate surface area is 164 Å². The standard InChI is InChI=1S/C20H24ClN3O3/c1-2-3-4-5-6-7-8-15-9-12-20(25)18(13-15)23-22-17-11-10-16(21)14-19(17)24(26)27/h9-14,25H,2-8H2,1H3. The van der Waals surface area contributed by atoms with Gasteiger partial charge in [0, 0.05) is 11.1 Å². The van der Waals surface area contributed by atoms with E-state index in [9.17, 15) is 15.2 Å². The van der Waals surface area contributed by atoms with Gasteiger partial charge in [0.25, 0.3) is 5.69 Å². The zero-order valence-electron chi connectivity index (χ0n) is 15.4. The molecule has 27 heavy (non-hydrogen) atoms. The zero-order chi connectivity index (χ0) is 19.6. The summed E-state index contributed by atoms with van der Waals surface area (Å²) in [5, 5.41) is 29.3. The van der Waals surface area contributed by atoms with Crippen LogP contribution in [0.1, 0.15) is 51.0 Å². The van der Waals surface area contributed by atoms with Crippen molar-refractivity contribution in [2.75, 3.05) is 0 Å². The van der Waals surface area contributed by atoms with E-state index in [1.54, 1.807) is 12.1 Å². The first-order valence-corrected chi connectivity index (χ1v) is 9.56. The molecule has 0 saturated carbocycles. The summed E-state index contributed by atoms with van der Waals surface area (Å²) >= 11 is 5.80. The van der Waals surface area contributed by atoms with Crippen LogP contribution in [0.3, 0.4) is 0 Å². The Balaban J connectivity index is 2.06. The number of azo groups is 1. The van der Waals surface area contributed by atoms with E-state index in [1.807, 2.05) is 6.07 Å². The molecule has 0 heterocycles. The van der Waals surface area contributed by atoms with E-state index in [2.05, 4.69) is 17.2 Å². The van der Waals surface area contributed by atoms with Crippen LogP contribution in [0.4, 0.5) is 17.1 Å². The Morgan fingerprint density at radius 1 is 1.00 bits per heavy atom. The van der Waals surface area contributed by atoms with Crippen molar-refractivity contribution in [2.45, 2.75) is 51.9 Å². The first kappa shape index (κ1) is 20.8. The first-order valence-electron chi connectivity index (χ1n) is 9.19. The van der Waals surface area contributed by atoms with Gasteiger partial charge in [-0.05, 0) is 42.7 Å². The number of hydrogen-bond acceptors (Lipinski definition) is 5. The maximum absolute atomic E-state index is 11.1. The van der Waals surface area contributed by atoms with Crippen LogP contribution in [-0.4, -0.2) is 10.0 Å². The summed E-state index contributed by atoms with van der Waals surface area (Å²) in [7, 11) is 0. The van der Waals surface area contributed by atoms with Crippen molar-refractivity contribution in [3.05, 3.63) is 57.1 Å². The minimum atomic E-state index is -0.560. The van der Waals surface area contributed by atoms with Crippen molar-refractivity contribution in [1.29, 1.82) is 0 Å².